The average Bonchev–Trinajstić information content (AvgIpc) is 2.89. The Bertz CT molecular complexity index is 738. The first-order chi connectivity index (χ1) is 11.0. The molecule has 0 unspecified atom stereocenters. The molecule has 0 radical (unpaired) electrons. The monoisotopic (exact) mass is 316 g/mol. The van der Waals surface area contributed by atoms with Gasteiger partial charge < -0.3 is 19.5 Å². The van der Waals surface area contributed by atoms with Crippen LogP contribution in [-0.4, -0.2) is 48.4 Å². The first kappa shape index (κ1) is 15.1. The van der Waals surface area contributed by atoms with E-state index in [1.54, 1.807) is 17.3 Å². The molecule has 0 aliphatic carbocycles. The van der Waals surface area contributed by atoms with Gasteiger partial charge in [-0.1, -0.05) is 0 Å². The summed E-state index contributed by atoms with van der Waals surface area (Å²) in [5, 5.41) is 9.83. The summed E-state index contributed by atoms with van der Waals surface area (Å²) in [5.41, 5.74) is 1.55. The van der Waals surface area contributed by atoms with Crippen molar-refractivity contribution in [1.82, 2.24) is 4.90 Å². The van der Waals surface area contributed by atoms with Crippen LogP contribution in [-0.2, 0) is 9.53 Å². The first-order valence-electron chi connectivity index (χ1n) is 7.07. The van der Waals surface area contributed by atoms with Crippen LogP contribution in [0.2, 0.25) is 0 Å². The van der Waals surface area contributed by atoms with E-state index in [-0.39, 0.29) is 35.8 Å². The predicted octanol–water partition coefficient (Wildman–Crippen LogP) is 1.78. The van der Waals surface area contributed by atoms with Crippen LogP contribution in [0.25, 0.3) is 0 Å². The molecule has 2 aliphatic heterocycles. The van der Waals surface area contributed by atoms with E-state index in [9.17, 15) is 14.7 Å². The number of esters is 1. The molecule has 1 aromatic rings. The van der Waals surface area contributed by atoms with Crippen LogP contribution < -0.4 is 4.74 Å². The van der Waals surface area contributed by atoms with E-state index in [0.717, 1.165) is 5.57 Å². The molecule has 7 heteroatoms. The number of benzene rings is 1. The second kappa shape index (κ2) is 5.75. The topological polar surface area (TPSA) is 88.4 Å². The number of phenolic OH excluding ortho intramolecular Hbond substituents is 1. The SMILES string of the molecule is COC(=O)CC1=CN2C(=O)c3cc(OC)c(O)cc3N=C[C@@H]2C1. The molecule has 2 heterocycles. The van der Waals surface area contributed by atoms with Gasteiger partial charge in [0.05, 0.1) is 37.9 Å². The smallest absolute Gasteiger partial charge is 0.309 e. The molecular formula is C16H16N2O5. The minimum absolute atomic E-state index is 0.0693. The van der Waals surface area contributed by atoms with Gasteiger partial charge in [0.2, 0.25) is 0 Å². The van der Waals surface area contributed by atoms with Crippen molar-refractivity contribution in [2.75, 3.05) is 14.2 Å². The third-order valence-corrected chi connectivity index (χ3v) is 3.90. The van der Waals surface area contributed by atoms with Crippen LogP contribution >= 0.6 is 0 Å². The van der Waals surface area contributed by atoms with Crippen LogP contribution in [0.4, 0.5) is 5.69 Å². The fourth-order valence-electron chi connectivity index (χ4n) is 2.73. The number of methoxy groups -OCH3 is 2. The number of amides is 1. The maximum absolute atomic E-state index is 12.7. The number of fused-ring (bicyclic) bond motifs is 2. The molecule has 7 nitrogen and oxygen atoms in total. The van der Waals surface area contributed by atoms with E-state index in [2.05, 4.69) is 9.73 Å². The van der Waals surface area contributed by atoms with E-state index in [0.29, 0.717) is 17.7 Å². The van der Waals surface area contributed by atoms with Crippen molar-refractivity contribution < 1.29 is 24.2 Å². The van der Waals surface area contributed by atoms with Crippen molar-refractivity contribution >= 4 is 23.8 Å². The summed E-state index contributed by atoms with van der Waals surface area (Å²) in [6.07, 6.45) is 4.00. The Morgan fingerprint density at radius 3 is 2.91 bits per heavy atom. The third-order valence-electron chi connectivity index (χ3n) is 3.90. The van der Waals surface area contributed by atoms with Gasteiger partial charge in [0, 0.05) is 18.5 Å². The lowest BCUT2D eigenvalue weighted by atomic mass is 10.1. The highest BCUT2D eigenvalue weighted by Crippen LogP contribution is 2.37. The number of ether oxygens (including phenoxy) is 2. The van der Waals surface area contributed by atoms with Gasteiger partial charge in [-0.3, -0.25) is 14.6 Å². The van der Waals surface area contributed by atoms with Gasteiger partial charge >= 0.3 is 5.97 Å². The molecule has 0 aromatic heterocycles. The number of rotatable bonds is 3. The number of hydrogen-bond donors (Lipinski definition) is 1. The van der Waals surface area contributed by atoms with Gasteiger partial charge in [-0.25, -0.2) is 0 Å². The molecule has 1 amide bonds. The predicted molar refractivity (Wildman–Crippen MR) is 82.1 cm³/mol. The number of aliphatic imine (C=N–C) groups is 1. The first-order valence-corrected chi connectivity index (χ1v) is 7.07. The quantitative estimate of drug-likeness (QED) is 0.859. The van der Waals surface area contributed by atoms with E-state index in [1.807, 2.05) is 0 Å². The number of phenols is 1. The van der Waals surface area contributed by atoms with E-state index < -0.39 is 0 Å². The van der Waals surface area contributed by atoms with Crippen molar-refractivity contribution in [3.05, 3.63) is 29.5 Å². The molecule has 0 fully saturated rings. The summed E-state index contributed by atoms with van der Waals surface area (Å²) in [4.78, 5) is 30.0. The second-order valence-electron chi connectivity index (χ2n) is 5.34. The zero-order chi connectivity index (χ0) is 16.6. The number of carbonyl (C=O) groups is 2. The number of aromatic hydroxyl groups is 1. The Hall–Kier alpha value is -2.83. The summed E-state index contributed by atoms with van der Waals surface area (Å²) in [6, 6.07) is 2.63. The largest absolute Gasteiger partial charge is 0.504 e. The molecule has 1 atom stereocenters. The number of carbonyl (C=O) groups excluding carboxylic acids is 2. The molecule has 0 bridgehead atoms. The van der Waals surface area contributed by atoms with Crippen molar-refractivity contribution in [1.29, 1.82) is 0 Å². The number of nitrogens with zero attached hydrogens (tertiary/aromatic N) is 2. The van der Waals surface area contributed by atoms with Gasteiger partial charge in [0.1, 0.15) is 0 Å². The lowest BCUT2D eigenvalue weighted by molar-refractivity contribution is -0.139. The minimum atomic E-state index is -0.342. The Kier molecular flexibility index (Phi) is 3.77. The van der Waals surface area contributed by atoms with E-state index in [4.69, 9.17) is 4.74 Å². The molecule has 23 heavy (non-hydrogen) atoms. The molecule has 120 valence electrons. The molecule has 0 spiro atoms. The van der Waals surface area contributed by atoms with Gasteiger partial charge in [0.25, 0.3) is 5.91 Å². The lowest BCUT2D eigenvalue weighted by Gasteiger charge is -2.18. The summed E-state index contributed by atoms with van der Waals surface area (Å²) in [7, 11) is 2.75. The Morgan fingerprint density at radius 2 is 2.22 bits per heavy atom. The summed E-state index contributed by atoms with van der Waals surface area (Å²) < 4.78 is 9.71. The zero-order valence-electron chi connectivity index (χ0n) is 12.8. The summed E-state index contributed by atoms with van der Waals surface area (Å²) in [6.45, 7) is 0. The lowest BCUT2D eigenvalue weighted by Crippen LogP contribution is -2.32. The van der Waals surface area contributed by atoms with E-state index >= 15 is 0 Å². The van der Waals surface area contributed by atoms with Crippen molar-refractivity contribution in [3.8, 4) is 11.5 Å². The van der Waals surface area contributed by atoms with E-state index in [1.165, 1.54) is 26.4 Å². The van der Waals surface area contributed by atoms with Gasteiger partial charge in [-0.05, 0) is 18.1 Å². The fraction of sp³-hybridized carbons (Fsp3) is 0.312. The molecular weight excluding hydrogens is 300 g/mol. The normalized spacial score (nSPS) is 18.9. The number of hydrogen-bond acceptors (Lipinski definition) is 6. The highest BCUT2D eigenvalue weighted by Gasteiger charge is 2.33. The minimum Gasteiger partial charge on any atom is -0.504 e. The van der Waals surface area contributed by atoms with Crippen LogP contribution in [0.1, 0.15) is 23.2 Å². The summed E-state index contributed by atoms with van der Waals surface area (Å²) in [5.74, 6) is -0.449. The Labute approximate surface area is 132 Å². The average molecular weight is 316 g/mol. The molecule has 3 rings (SSSR count). The summed E-state index contributed by atoms with van der Waals surface area (Å²) >= 11 is 0. The molecule has 1 N–H and O–H groups in total. The van der Waals surface area contributed by atoms with Crippen molar-refractivity contribution in [2.45, 2.75) is 18.9 Å². The zero-order valence-corrected chi connectivity index (χ0v) is 12.8. The Balaban J connectivity index is 1.95. The fourth-order valence-corrected chi connectivity index (χ4v) is 2.73. The van der Waals surface area contributed by atoms with Crippen molar-refractivity contribution in [2.24, 2.45) is 4.99 Å². The van der Waals surface area contributed by atoms with Crippen LogP contribution in [0.3, 0.4) is 0 Å². The second-order valence-corrected chi connectivity index (χ2v) is 5.34. The third kappa shape index (κ3) is 2.65. The van der Waals surface area contributed by atoms with Gasteiger partial charge in [-0.2, -0.15) is 0 Å². The highest BCUT2D eigenvalue weighted by atomic mass is 16.5. The standard InChI is InChI=1S/C16H16N2O5/c1-22-14-5-11-12(6-13(14)19)17-7-10-3-9(4-15(20)23-2)8-18(10)16(11)21/h5-8,10,19H,3-4H2,1-2H3/t10-/m0/s1. The molecule has 1 aromatic carbocycles. The Morgan fingerprint density at radius 1 is 1.43 bits per heavy atom. The van der Waals surface area contributed by atoms with Crippen LogP contribution in [0.5, 0.6) is 11.5 Å². The van der Waals surface area contributed by atoms with Gasteiger partial charge in [0.15, 0.2) is 11.5 Å². The van der Waals surface area contributed by atoms with Crippen LogP contribution in [0, 0.1) is 0 Å². The maximum atomic E-state index is 12.7. The molecule has 2 aliphatic rings. The maximum Gasteiger partial charge on any atom is 0.309 e. The van der Waals surface area contributed by atoms with Gasteiger partial charge in [-0.15, -0.1) is 0 Å². The van der Waals surface area contributed by atoms with Crippen LogP contribution in [0.15, 0.2) is 28.9 Å². The molecule has 0 saturated carbocycles. The molecule has 0 saturated heterocycles. The van der Waals surface area contributed by atoms with Crippen molar-refractivity contribution in [3.63, 3.8) is 0 Å². The highest BCUT2D eigenvalue weighted by molar-refractivity contribution is 6.04.